The van der Waals surface area contributed by atoms with E-state index in [1.165, 1.54) is 0 Å². The maximum Gasteiger partial charge on any atom is 0.389 e. The van der Waals surface area contributed by atoms with Crippen LogP contribution in [0.15, 0.2) is 18.2 Å². The Hall–Kier alpha value is -1.03. The summed E-state index contributed by atoms with van der Waals surface area (Å²) < 4.78 is 36.2. The average Bonchev–Trinajstić information content (AvgIpc) is 2.19. The zero-order valence-electron chi connectivity index (χ0n) is 10.9. The first kappa shape index (κ1) is 15.0. The summed E-state index contributed by atoms with van der Waals surface area (Å²) in [6.45, 7) is 5.44. The van der Waals surface area contributed by atoms with Crippen molar-refractivity contribution in [1.29, 1.82) is 0 Å². The summed E-state index contributed by atoms with van der Waals surface area (Å²) in [4.78, 5) is 0. The third-order valence-electron chi connectivity index (χ3n) is 3.25. The van der Waals surface area contributed by atoms with Crippen LogP contribution in [0.4, 0.5) is 13.2 Å². The Balaban J connectivity index is 2.70. The molecule has 0 bridgehead atoms. The van der Waals surface area contributed by atoms with Gasteiger partial charge in [-0.25, -0.2) is 0 Å². The second-order valence-electron chi connectivity index (χ2n) is 5.04. The molecule has 0 aliphatic rings. The lowest BCUT2D eigenvalue weighted by Gasteiger charge is -2.25. The third kappa shape index (κ3) is 4.33. The molecule has 0 amide bonds. The minimum atomic E-state index is -4.15. The van der Waals surface area contributed by atoms with Crippen molar-refractivity contribution in [3.63, 3.8) is 0 Å². The molecular weight excluding hydrogens is 241 g/mol. The zero-order valence-corrected chi connectivity index (χ0v) is 10.9. The van der Waals surface area contributed by atoms with Gasteiger partial charge in [-0.1, -0.05) is 18.2 Å². The predicted octanol–water partition coefficient (Wildman–Crippen LogP) is 4.24. The van der Waals surface area contributed by atoms with Crippen LogP contribution in [0.5, 0.6) is 0 Å². The van der Waals surface area contributed by atoms with Crippen LogP contribution >= 0.6 is 0 Å². The van der Waals surface area contributed by atoms with Gasteiger partial charge in [0.1, 0.15) is 0 Å². The summed E-state index contributed by atoms with van der Waals surface area (Å²) in [5.41, 5.74) is 1.60. The smallest absolute Gasteiger partial charge is 0.385 e. The molecule has 1 atom stereocenters. The standard InChI is InChI=1S/C14H19F3O/c1-10-5-6-12(9-11(10)2)13(3,18)7-4-8-14(15,16)17/h5-6,9,18H,4,7-8H2,1-3H3. The van der Waals surface area contributed by atoms with Gasteiger partial charge in [-0.2, -0.15) is 13.2 Å². The Morgan fingerprint density at radius 1 is 1.06 bits per heavy atom. The summed E-state index contributed by atoms with van der Waals surface area (Å²) in [5, 5.41) is 10.2. The molecule has 0 aromatic heterocycles. The molecule has 4 heteroatoms. The van der Waals surface area contributed by atoms with E-state index in [0.29, 0.717) is 5.56 Å². The number of hydrogen-bond donors (Lipinski definition) is 1. The van der Waals surface area contributed by atoms with Crippen LogP contribution in [-0.2, 0) is 5.60 Å². The molecule has 0 aliphatic carbocycles. The van der Waals surface area contributed by atoms with E-state index in [0.717, 1.165) is 11.1 Å². The fourth-order valence-electron chi connectivity index (χ4n) is 1.85. The van der Waals surface area contributed by atoms with Gasteiger partial charge in [-0.3, -0.25) is 0 Å². The Morgan fingerprint density at radius 3 is 2.17 bits per heavy atom. The molecule has 1 aromatic carbocycles. The third-order valence-corrected chi connectivity index (χ3v) is 3.25. The quantitative estimate of drug-likeness (QED) is 0.858. The molecule has 1 unspecified atom stereocenters. The molecular formula is C14H19F3O. The van der Waals surface area contributed by atoms with Gasteiger partial charge in [0.2, 0.25) is 0 Å². The van der Waals surface area contributed by atoms with Gasteiger partial charge in [0, 0.05) is 6.42 Å². The number of hydrogen-bond acceptors (Lipinski definition) is 1. The molecule has 0 spiro atoms. The lowest BCUT2D eigenvalue weighted by atomic mass is 9.88. The number of benzene rings is 1. The summed E-state index contributed by atoms with van der Waals surface area (Å²) in [5.74, 6) is 0. The number of rotatable bonds is 4. The summed E-state index contributed by atoms with van der Waals surface area (Å²) in [6.07, 6.45) is -4.97. The average molecular weight is 260 g/mol. The van der Waals surface area contributed by atoms with Crippen molar-refractivity contribution in [2.45, 2.75) is 51.8 Å². The number of alkyl halides is 3. The highest BCUT2D eigenvalue weighted by molar-refractivity contribution is 5.32. The van der Waals surface area contributed by atoms with Gasteiger partial charge in [-0.15, -0.1) is 0 Å². The molecule has 0 saturated carbocycles. The Morgan fingerprint density at radius 2 is 1.67 bits per heavy atom. The number of halogens is 3. The first-order chi connectivity index (χ1) is 8.12. The topological polar surface area (TPSA) is 20.2 Å². The van der Waals surface area contributed by atoms with E-state index in [1.807, 2.05) is 26.0 Å². The van der Waals surface area contributed by atoms with Gasteiger partial charge >= 0.3 is 6.18 Å². The molecule has 18 heavy (non-hydrogen) atoms. The fourth-order valence-corrected chi connectivity index (χ4v) is 1.85. The summed E-state index contributed by atoms with van der Waals surface area (Å²) in [7, 11) is 0. The van der Waals surface area contributed by atoms with E-state index in [4.69, 9.17) is 0 Å². The molecule has 0 heterocycles. The highest BCUT2D eigenvalue weighted by Crippen LogP contribution is 2.31. The first-order valence-electron chi connectivity index (χ1n) is 5.99. The predicted molar refractivity (Wildman–Crippen MR) is 65.4 cm³/mol. The SMILES string of the molecule is Cc1ccc(C(C)(O)CCCC(F)(F)F)cc1C. The van der Waals surface area contributed by atoms with E-state index >= 15 is 0 Å². The lowest BCUT2D eigenvalue weighted by molar-refractivity contribution is -0.137. The largest absolute Gasteiger partial charge is 0.389 e. The van der Waals surface area contributed by atoms with Crippen molar-refractivity contribution >= 4 is 0 Å². The van der Waals surface area contributed by atoms with Gasteiger partial charge < -0.3 is 5.11 Å². The molecule has 102 valence electrons. The van der Waals surface area contributed by atoms with E-state index in [9.17, 15) is 18.3 Å². The van der Waals surface area contributed by atoms with Crippen LogP contribution in [-0.4, -0.2) is 11.3 Å². The zero-order chi connectivity index (χ0) is 14.0. The fraction of sp³-hybridized carbons (Fsp3) is 0.571. The molecule has 0 radical (unpaired) electrons. The molecule has 1 nitrogen and oxygen atoms in total. The van der Waals surface area contributed by atoms with Gasteiger partial charge in [0.05, 0.1) is 5.60 Å². The maximum atomic E-state index is 12.1. The Bertz CT molecular complexity index is 408. The van der Waals surface area contributed by atoms with Gasteiger partial charge in [-0.05, 0) is 50.3 Å². The number of aliphatic hydroxyl groups is 1. The van der Waals surface area contributed by atoms with Crippen molar-refractivity contribution in [3.8, 4) is 0 Å². The summed E-state index contributed by atoms with van der Waals surface area (Å²) in [6, 6.07) is 5.49. The van der Waals surface area contributed by atoms with Crippen molar-refractivity contribution in [2.75, 3.05) is 0 Å². The minimum Gasteiger partial charge on any atom is -0.385 e. The van der Waals surface area contributed by atoms with E-state index in [1.54, 1.807) is 13.0 Å². The molecule has 1 aromatic rings. The molecule has 0 aliphatic heterocycles. The van der Waals surface area contributed by atoms with Crippen LogP contribution in [0.3, 0.4) is 0 Å². The van der Waals surface area contributed by atoms with E-state index in [2.05, 4.69) is 0 Å². The Labute approximate surface area is 106 Å². The van der Waals surface area contributed by atoms with Gasteiger partial charge in [0.15, 0.2) is 0 Å². The molecule has 1 N–H and O–H groups in total. The van der Waals surface area contributed by atoms with Crippen LogP contribution in [0, 0.1) is 13.8 Å². The van der Waals surface area contributed by atoms with Crippen LogP contribution in [0.2, 0.25) is 0 Å². The second-order valence-corrected chi connectivity index (χ2v) is 5.04. The normalized spacial score (nSPS) is 15.5. The van der Waals surface area contributed by atoms with E-state index < -0.39 is 18.2 Å². The molecule has 0 fully saturated rings. The lowest BCUT2D eigenvalue weighted by Crippen LogP contribution is -2.22. The van der Waals surface area contributed by atoms with Crippen molar-refractivity contribution in [1.82, 2.24) is 0 Å². The number of aryl methyl sites for hydroxylation is 2. The van der Waals surface area contributed by atoms with Gasteiger partial charge in [0.25, 0.3) is 0 Å². The first-order valence-corrected chi connectivity index (χ1v) is 5.99. The minimum absolute atomic E-state index is 0.0660. The summed E-state index contributed by atoms with van der Waals surface area (Å²) >= 11 is 0. The van der Waals surface area contributed by atoms with Crippen molar-refractivity contribution in [2.24, 2.45) is 0 Å². The highest BCUT2D eigenvalue weighted by atomic mass is 19.4. The second kappa shape index (κ2) is 5.31. The van der Waals surface area contributed by atoms with Crippen molar-refractivity contribution in [3.05, 3.63) is 34.9 Å². The van der Waals surface area contributed by atoms with Crippen LogP contribution in [0.25, 0.3) is 0 Å². The highest BCUT2D eigenvalue weighted by Gasteiger charge is 2.29. The van der Waals surface area contributed by atoms with E-state index in [-0.39, 0.29) is 12.8 Å². The maximum absolute atomic E-state index is 12.1. The molecule has 0 saturated heterocycles. The van der Waals surface area contributed by atoms with Crippen LogP contribution < -0.4 is 0 Å². The van der Waals surface area contributed by atoms with Crippen molar-refractivity contribution < 1.29 is 18.3 Å². The molecule has 1 rings (SSSR count). The Kier molecular flexibility index (Phi) is 4.43. The monoisotopic (exact) mass is 260 g/mol. The van der Waals surface area contributed by atoms with Crippen LogP contribution in [0.1, 0.15) is 42.9 Å².